The van der Waals surface area contributed by atoms with Gasteiger partial charge >= 0.3 is 0 Å². The molecule has 3 rings (SSSR count). The van der Waals surface area contributed by atoms with E-state index in [1.165, 1.54) is 0 Å². The Morgan fingerprint density at radius 3 is 2.79 bits per heavy atom. The molecule has 2 saturated heterocycles. The highest BCUT2D eigenvalue weighted by Gasteiger charge is 2.37. The van der Waals surface area contributed by atoms with E-state index in [0.717, 1.165) is 64.6 Å². The number of nitrogens with zero attached hydrogens (tertiary/aromatic N) is 4. The van der Waals surface area contributed by atoms with E-state index in [4.69, 9.17) is 4.74 Å². The molecule has 1 aromatic heterocycles. The number of aryl methyl sites for hydroxylation is 2. The van der Waals surface area contributed by atoms with Crippen molar-refractivity contribution in [1.82, 2.24) is 19.4 Å². The summed E-state index contributed by atoms with van der Waals surface area (Å²) in [5.41, 5.74) is 0. The van der Waals surface area contributed by atoms with Gasteiger partial charge in [0.15, 0.2) is 0 Å². The van der Waals surface area contributed by atoms with E-state index in [0.29, 0.717) is 24.3 Å². The minimum atomic E-state index is 0.307. The maximum atomic E-state index is 12.6. The summed E-state index contributed by atoms with van der Waals surface area (Å²) in [4.78, 5) is 21.5. The van der Waals surface area contributed by atoms with Crippen molar-refractivity contribution in [3.8, 4) is 0 Å². The summed E-state index contributed by atoms with van der Waals surface area (Å²) in [5, 5.41) is 0. The smallest absolute Gasteiger partial charge is 0.222 e. The van der Waals surface area contributed by atoms with Crippen LogP contribution in [0.25, 0.3) is 0 Å². The molecule has 3 heterocycles. The van der Waals surface area contributed by atoms with E-state index in [2.05, 4.69) is 26.3 Å². The number of morpholine rings is 1. The molecule has 6 heteroatoms. The summed E-state index contributed by atoms with van der Waals surface area (Å²) in [6, 6.07) is 0.513. The van der Waals surface area contributed by atoms with Gasteiger partial charge in [-0.1, -0.05) is 13.3 Å². The van der Waals surface area contributed by atoms with Crippen LogP contribution in [-0.2, 0) is 16.1 Å². The maximum Gasteiger partial charge on any atom is 0.222 e. The van der Waals surface area contributed by atoms with Crippen molar-refractivity contribution in [2.75, 3.05) is 39.4 Å². The normalized spacial score (nSPS) is 25.3. The molecular weight excluding hydrogens is 304 g/mol. The summed E-state index contributed by atoms with van der Waals surface area (Å²) in [6.45, 7) is 10.6. The lowest BCUT2D eigenvalue weighted by atomic mass is 9.99. The van der Waals surface area contributed by atoms with E-state index in [1.54, 1.807) is 0 Å². The molecule has 134 valence electrons. The molecule has 24 heavy (non-hydrogen) atoms. The number of carbonyl (C=O) groups is 1. The lowest BCUT2D eigenvalue weighted by Gasteiger charge is -2.34. The van der Waals surface area contributed by atoms with Gasteiger partial charge in [0, 0.05) is 57.6 Å². The number of aromatic nitrogens is 2. The number of imidazole rings is 1. The number of amides is 1. The van der Waals surface area contributed by atoms with Crippen molar-refractivity contribution in [1.29, 1.82) is 0 Å². The third kappa shape index (κ3) is 3.98. The molecule has 2 aliphatic rings. The zero-order valence-electron chi connectivity index (χ0n) is 15.0. The van der Waals surface area contributed by atoms with Crippen LogP contribution in [0.1, 0.15) is 32.0 Å². The molecule has 0 radical (unpaired) electrons. The Kier molecular flexibility index (Phi) is 5.89. The van der Waals surface area contributed by atoms with Crippen LogP contribution in [0, 0.1) is 12.8 Å². The number of carbonyl (C=O) groups excluding carboxylic acids is 1. The molecule has 6 nitrogen and oxygen atoms in total. The second kappa shape index (κ2) is 8.12. The van der Waals surface area contributed by atoms with Gasteiger partial charge in [0.2, 0.25) is 5.91 Å². The van der Waals surface area contributed by atoms with Crippen LogP contribution >= 0.6 is 0 Å². The minimum Gasteiger partial charge on any atom is -0.379 e. The van der Waals surface area contributed by atoms with E-state index >= 15 is 0 Å². The topological polar surface area (TPSA) is 50.6 Å². The first kappa shape index (κ1) is 17.4. The van der Waals surface area contributed by atoms with Crippen molar-refractivity contribution in [2.45, 2.75) is 45.7 Å². The molecular formula is C18H30N4O2. The highest BCUT2D eigenvalue weighted by atomic mass is 16.5. The summed E-state index contributed by atoms with van der Waals surface area (Å²) in [6.07, 6.45) is 6.45. The molecule has 2 atom stereocenters. The highest BCUT2D eigenvalue weighted by Crippen LogP contribution is 2.26. The minimum absolute atomic E-state index is 0.307. The largest absolute Gasteiger partial charge is 0.379 e. The van der Waals surface area contributed by atoms with Crippen LogP contribution in [0.2, 0.25) is 0 Å². The van der Waals surface area contributed by atoms with Gasteiger partial charge in [-0.2, -0.15) is 0 Å². The van der Waals surface area contributed by atoms with Gasteiger partial charge in [0.1, 0.15) is 5.82 Å². The SMILES string of the molecule is CC[C@@H]1CN(C(=O)CCCn2ccnc2C)C[C@H]1N1CCOCC1. The molecule has 0 N–H and O–H groups in total. The molecule has 0 spiro atoms. The van der Waals surface area contributed by atoms with Crippen molar-refractivity contribution >= 4 is 5.91 Å². The Hall–Kier alpha value is -1.40. The van der Waals surface area contributed by atoms with Gasteiger partial charge in [0.25, 0.3) is 0 Å². The number of hydrogen-bond donors (Lipinski definition) is 0. The predicted octanol–water partition coefficient (Wildman–Crippen LogP) is 1.54. The van der Waals surface area contributed by atoms with Crippen molar-refractivity contribution < 1.29 is 9.53 Å². The van der Waals surface area contributed by atoms with E-state index in [9.17, 15) is 4.79 Å². The second-order valence-electron chi connectivity index (χ2n) is 6.95. The molecule has 0 aliphatic carbocycles. The molecule has 0 saturated carbocycles. The summed E-state index contributed by atoms with van der Waals surface area (Å²) < 4.78 is 7.58. The average Bonchev–Trinajstić information content (AvgIpc) is 3.22. The lowest BCUT2D eigenvalue weighted by molar-refractivity contribution is -0.130. The Balaban J connectivity index is 1.49. The molecule has 2 aliphatic heterocycles. The molecule has 2 fully saturated rings. The third-order valence-electron chi connectivity index (χ3n) is 5.51. The van der Waals surface area contributed by atoms with Gasteiger partial charge in [-0.05, 0) is 19.3 Å². The molecule has 0 aromatic carbocycles. The number of ether oxygens (including phenoxy) is 1. The predicted molar refractivity (Wildman–Crippen MR) is 92.7 cm³/mol. The van der Waals surface area contributed by atoms with Crippen molar-refractivity contribution in [2.24, 2.45) is 5.92 Å². The van der Waals surface area contributed by atoms with E-state index < -0.39 is 0 Å². The maximum absolute atomic E-state index is 12.6. The quantitative estimate of drug-likeness (QED) is 0.792. The van der Waals surface area contributed by atoms with Crippen LogP contribution in [0.4, 0.5) is 0 Å². The first-order valence-electron chi connectivity index (χ1n) is 9.26. The van der Waals surface area contributed by atoms with Crippen LogP contribution in [-0.4, -0.2) is 70.7 Å². The van der Waals surface area contributed by atoms with Gasteiger partial charge in [-0.25, -0.2) is 4.98 Å². The highest BCUT2D eigenvalue weighted by molar-refractivity contribution is 5.76. The van der Waals surface area contributed by atoms with Gasteiger partial charge in [0.05, 0.1) is 13.2 Å². The van der Waals surface area contributed by atoms with E-state index in [-0.39, 0.29) is 0 Å². The Labute approximate surface area is 144 Å². The number of hydrogen-bond acceptors (Lipinski definition) is 4. The van der Waals surface area contributed by atoms with Crippen LogP contribution in [0.3, 0.4) is 0 Å². The fourth-order valence-corrected chi connectivity index (χ4v) is 3.98. The molecule has 0 unspecified atom stereocenters. The Morgan fingerprint density at radius 2 is 2.12 bits per heavy atom. The van der Waals surface area contributed by atoms with Crippen molar-refractivity contribution in [3.05, 3.63) is 18.2 Å². The van der Waals surface area contributed by atoms with Crippen LogP contribution in [0.5, 0.6) is 0 Å². The summed E-state index contributed by atoms with van der Waals surface area (Å²) >= 11 is 0. The molecule has 1 amide bonds. The zero-order valence-corrected chi connectivity index (χ0v) is 15.0. The van der Waals surface area contributed by atoms with Crippen LogP contribution in [0.15, 0.2) is 12.4 Å². The van der Waals surface area contributed by atoms with Gasteiger partial charge < -0.3 is 14.2 Å². The summed E-state index contributed by atoms with van der Waals surface area (Å²) in [5.74, 6) is 1.92. The molecule has 1 aromatic rings. The number of likely N-dealkylation sites (tertiary alicyclic amines) is 1. The monoisotopic (exact) mass is 334 g/mol. The Morgan fingerprint density at radius 1 is 1.33 bits per heavy atom. The Bertz CT molecular complexity index is 539. The summed E-state index contributed by atoms with van der Waals surface area (Å²) in [7, 11) is 0. The first-order valence-corrected chi connectivity index (χ1v) is 9.26. The van der Waals surface area contributed by atoms with Gasteiger partial charge in [-0.15, -0.1) is 0 Å². The second-order valence-corrected chi connectivity index (χ2v) is 6.95. The standard InChI is InChI=1S/C18H30N4O2/c1-3-16-13-22(14-17(16)21-9-11-24-12-10-21)18(23)5-4-7-20-8-6-19-15(20)2/h6,8,16-17H,3-5,7,9-14H2,1-2H3/t16-,17-/m1/s1. The fourth-order valence-electron chi connectivity index (χ4n) is 3.98. The first-order chi connectivity index (χ1) is 11.7. The third-order valence-corrected chi connectivity index (χ3v) is 5.51. The fraction of sp³-hybridized carbons (Fsp3) is 0.778. The molecule has 0 bridgehead atoms. The van der Waals surface area contributed by atoms with Gasteiger partial charge in [-0.3, -0.25) is 9.69 Å². The van der Waals surface area contributed by atoms with Crippen LogP contribution < -0.4 is 0 Å². The lowest BCUT2D eigenvalue weighted by Crippen LogP contribution is -2.47. The zero-order chi connectivity index (χ0) is 16.9. The number of rotatable bonds is 6. The van der Waals surface area contributed by atoms with Crippen molar-refractivity contribution in [3.63, 3.8) is 0 Å². The van der Waals surface area contributed by atoms with E-state index in [1.807, 2.05) is 19.3 Å². The average molecular weight is 334 g/mol.